The number of carbonyl (C=O) groups excluding carboxylic acids is 2. The summed E-state index contributed by atoms with van der Waals surface area (Å²) < 4.78 is 20.7. The Morgan fingerprint density at radius 1 is 0.929 bits per heavy atom. The van der Waals surface area contributed by atoms with Crippen molar-refractivity contribution in [2.24, 2.45) is 0 Å². The van der Waals surface area contributed by atoms with E-state index < -0.39 is 12.1 Å². The minimum absolute atomic E-state index is 0.271. The molecule has 1 N–H and O–H groups in total. The topological polar surface area (TPSA) is 83.1 Å². The molecule has 0 aliphatic carbocycles. The Labute approximate surface area is 164 Å². The first kappa shape index (κ1) is 21.2. The molecule has 2 rings (SSSR count). The fourth-order valence-electron chi connectivity index (χ4n) is 2.51. The summed E-state index contributed by atoms with van der Waals surface area (Å²) in [5.41, 5.74) is 2.15. The number of hydrogen-bond donors (Lipinski definition) is 1. The smallest absolute Gasteiger partial charge is 0.338 e. The number of hydrogen-bond acceptors (Lipinski definition) is 6. The fraction of sp³-hybridized carbons (Fsp3) is 0.333. The van der Waals surface area contributed by atoms with Crippen molar-refractivity contribution in [3.63, 3.8) is 0 Å². The molecular formula is C21H25NO6. The van der Waals surface area contributed by atoms with E-state index in [0.717, 1.165) is 11.1 Å². The molecule has 28 heavy (non-hydrogen) atoms. The van der Waals surface area contributed by atoms with Gasteiger partial charge in [-0.15, -0.1) is 0 Å². The monoisotopic (exact) mass is 387 g/mol. The van der Waals surface area contributed by atoms with Crippen molar-refractivity contribution in [2.45, 2.75) is 26.2 Å². The van der Waals surface area contributed by atoms with Gasteiger partial charge in [-0.3, -0.25) is 4.79 Å². The number of carbonyl (C=O) groups is 2. The number of ether oxygens (including phenoxy) is 4. The molecule has 150 valence electrons. The third kappa shape index (κ3) is 5.72. The predicted molar refractivity (Wildman–Crippen MR) is 103 cm³/mol. The summed E-state index contributed by atoms with van der Waals surface area (Å²) >= 11 is 0. The minimum atomic E-state index is -0.925. The summed E-state index contributed by atoms with van der Waals surface area (Å²) in [5.74, 6) is 0.235. The van der Waals surface area contributed by atoms with Gasteiger partial charge in [0.25, 0.3) is 5.91 Å². The summed E-state index contributed by atoms with van der Waals surface area (Å²) in [4.78, 5) is 24.4. The molecule has 2 aromatic rings. The van der Waals surface area contributed by atoms with Crippen LogP contribution in [0.15, 0.2) is 42.5 Å². The highest BCUT2D eigenvalue weighted by molar-refractivity contribution is 5.92. The maximum Gasteiger partial charge on any atom is 0.338 e. The Kier molecular flexibility index (Phi) is 7.83. The summed E-state index contributed by atoms with van der Waals surface area (Å²) in [5, 5.41) is 2.74. The summed E-state index contributed by atoms with van der Waals surface area (Å²) in [7, 11) is 4.70. The lowest BCUT2D eigenvalue weighted by molar-refractivity contribution is -0.129. The number of benzene rings is 2. The number of esters is 1. The predicted octanol–water partition coefficient (Wildman–Crippen LogP) is 2.71. The van der Waals surface area contributed by atoms with Gasteiger partial charge >= 0.3 is 5.97 Å². The number of rotatable bonds is 9. The molecule has 0 fully saturated rings. The molecule has 1 amide bonds. The Balaban J connectivity index is 1.89. The second-order valence-corrected chi connectivity index (χ2v) is 6.08. The Morgan fingerprint density at radius 3 is 2.18 bits per heavy atom. The van der Waals surface area contributed by atoms with E-state index in [0.29, 0.717) is 23.7 Å². The lowest BCUT2D eigenvalue weighted by Crippen LogP contribution is -2.35. The van der Waals surface area contributed by atoms with E-state index in [4.69, 9.17) is 18.9 Å². The van der Waals surface area contributed by atoms with E-state index in [2.05, 4.69) is 5.32 Å². The van der Waals surface area contributed by atoms with Crippen LogP contribution in [0.2, 0.25) is 0 Å². The molecule has 0 heterocycles. The number of amides is 1. The molecular weight excluding hydrogens is 362 g/mol. The largest absolute Gasteiger partial charge is 0.493 e. The van der Waals surface area contributed by atoms with Crippen molar-refractivity contribution in [3.05, 3.63) is 59.2 Å². The molecule has 0 aliphatic heterocycles. The normalized spacial score (nSPS) is 11.4. The molecule has 0 saturated heterocycles. The Hall–Kier alpha value is -3.06. The van der Waals surface area contributed by atoms with Gasteiger partial charge in [0.2, 0.25) is 0 Å². The summed E-state index contributed by atoms with van der Waals surface area (Å²) in [6, 6.07) is 12.2. The van der Waals surface area contributed by atoms with Crippen molar-refractivity contribution >= 4 is 11.9 Å². The molecule has 0 saturated carbocycles. The van der Waals surface area contributed by atoms with Crippen LogP contribution in [0, 0.1) is 0 Å². The molecule has 1 unspecified atom stereocenters. The first-order valence-corrected chi connectivity index (χ1v) is 8.76. The molecule has 0 radical (unpaired) electrons. The van der Waals surface area contributed by atoms with Crippen LogP contribution in [0.5, 0.6) is 11.5 Å². The van der Waals surface area contributed by atoms with E-state index >= 15 is 0 Å². The molecule has 0 bridgehead atoms. The van der Waals surface area contributed by atoms with Gasteiger partial charge in [0.15, 0.2) is 17.6 Å². The SMILES string of the molecule is COCc1ccc(C(=O)OC(C)C(=O)NCc2ccc(OC)c(OC)c2)cc1. The van der Waals surface area contributed by atoms with E-state index in [1.165, 1.54) is 6.92 Å². The van der Waals surface area contributed by atoms with Crippen LogP contribution in [0.4, 0.5) is 0 Å². The van der Waals surface area contributed by atoms with Crippen molar-refractivity contribution in [1.29, 1.82) is 0 Å². The van der Waals surface area contributed by atoms with Crippen molar-refractivity contribution < 1.29 is 28.5 Å². The zero-order valence-electron chi connectivity index (χ0n) is 16.5. The highest BCUT2D eigenvalue weighted by atomic mass is 16.5. The van der Waals surface area contributed by atoms with Crippen LogP contribution in [0.1, 0.15) is 28.4 Å². The van der Waals surface area contributed by atoms with E-state index in [9.17, 15) is 9.59 Å². The third-order valence-corrected chi connectivity index (χ3v) is 4.07. The second kappa shape index (κ2) is 10.3. The molecule has 0 spiro atoms. The minimum Gasteiger partial charge on any atom is -0.493 e. The molecule has 7 heteroatoms. The highest BCUT2D eigenvalue weighted by Gasteiger charge is 2.19. The van der Waals surface area contributed by atoms with Gasteiger partial charge in [0.1, 0.15) is 0 Å². The summed E-state index contributed by atoms with van der Waals surface area (Å²) in [6.45, 7) is 2.26. The maximum atomic E-state index is 12.2. The number of methoxy groups -OCH3 is 3. The van der Waals surface area contributed by atoms with Gasteiger partial charge in [0.05, 0.1) is 26.4 Å². The van der Waals surface area contributed by atoms with Crippen LogP contribution in [-0.2, 0) is 27.4 Å². The van der Waals surface area contributed by atoms with Crippen LogP contribution < -0.4 is 14.8 Å². The van der Waals surface area contributed by atoms with Gasteiger partial charge in [-0.1, -0.05) is 18.2 Å². The molecule has 0 aromatic heterocycles. The highest BCUT2D eigenvalue weighted by Crippen LogP contribution is 2.27. The molecule has 0 aliphatic rings. The van der Waals surface area contributed by atoms with Gasteiger partial charge in [-0.25, -0.2) is 4.79 Å². The van der Waals surface area contributed by atoms with Gasteiger partial charge in [-0.05, 0) is 42.3 Å². The second-order valence-electron chi connectivity index (χ2n) is 6.08. The fourth-order valence-corrected chi connectivity index (χ4v) is 2.51. The molecule has 2 aromatic carbocycles. The van der Waals surface area contributed by atoms with Crippen LogP contribution >= 0.6 is 0 Å². The van der Waals surface area contributed by atoms with Crippen molar-refractivity contribution in [1.82, 2.24) is 5.32 Å². The lowest BCUT2D eigenvalue weighted by Gasteiger charge is -2.14. The quantitative estimate of drug-likeness (QED) is 0.666. The zero-order chi connectivity index (χ0) is 20.5. The summed E-state index contributed by atoms with van der Waals surface area (Å²) in [6.07, 6.45) is -0.925. The standard InChI is InChI=1S/C21H25NO6/c1-14(28-21(24)17-8-5-15(6-9-17)13-25-2)20(23)22-12-16-7-10-18(26-3)19(11-16)27-4/h5-11,14H,12-13H2,1-4H3,(H,22,23). The van der Waals surface area contributed by atoms with E-state index in [-0.39, 0.29) is 12.5 Å². The van der Waals surface area contributed by atoms with Gasteiger partial charge in [-0.2, -0.15) is 0 Å². The number of nitrogens with one attached hydrogen (secondary N) is 1. The van der Waals surface area contributed by atoms with E-state index in [1.807, 2.05) is 6.07 Å². The van der Waals surface area contributed by atoms with Gasteiger partial charge in [0, 0.05) is 13.7 Å². The van der Waals surface area contributed by atoms with E-state index in [1.54, 1.807) is 57.7 Å². The van der Waals surface area contributed by atoms with Crippen LogP contribution in [0.25, 0.3) is 0 Å². The van der Waals surface area contributed by atoms with Crippen LogP contribution in [0.3, 0.4) is 0 Å². The first-order chi connectivity index (χ1) is 13.5. The lowest BCUT2D eigenvalue weighted by atomic mass is 10.1. The zero-order valence-corrected chi connectivity index (χ0v) is 16.5. The Bertz CT molecular complexity index is 803. The molecule has 7 nitrogen and oxygen atoms in total. The average molecular weight is 387 g/mol. The van der Waals surface area contributed by atoms with Gasteiger partial charge < -0.3 is 24.3 Å². The van der Waals surface area contributed by atoms with Crippen molar-refractivity contribution in [3.8, 4) is 11.5 Å². The average Bonchev–Trinajstić information content (AvgIpc) is 2.72. The molecule has 1 atom stereocenters. The third-order valence-electron chi connectivity index (χ3n) is 4.07. The Morgan fingerprint density at radius 2 is 1.57 bits per heavy atom. The maximum absolute atomic E-state index is 12.2. The van der Waals surface area contributed by atoms with Crippen molar-refractivity contribution in [2.75, 3.05) is 21.3 Å². The first-order valence-electron chi connectivity index (χ1n) is 8.76. The van der Waals surface area contributed by atoms with Crippen LogP contribution in [-0.4, -0.2) is 39.3 Å².